The lowest BCUT2D eigenvalue weighted by molar-refractivity contribution is 0.000333. The third-order valence-electron chi connectivity index (χ3n) is 5.24. The molecule has 1 aliphatic rings. The second kappa shape index (κ2) is 7.46. The van der Waals surface area contributed by atoms with E-state index in [0.29, 0.717) is 16.7 Å². The smallest absolute Gasteiger partial charge is 0.257 e. The van der Waals surface area contributed by atoms with E-state index >= 15 is 0 Å². The van der Waals surface area contributed by atoms with Crippen molar-refractivity contribution in [2.24, 2.45) is 0 Å². The van der Waals surface area contributed by atoms with Gasteiger partial charge in [0.25, 0.3) is 5.91 Å². The van der Waals surface area contributed by atoms with Gasteiger partial charge in [0.2, 0.25) is 0 Å². The van der Waals surface area contributed by atoms with Crippen LogP contribution in [0, 0.1) is 6.92 Å². The summed E-state index contributed by atoms with van der Waals surface area (Å²) >= 11 is 0. The van der Waals surface area contributed by atoms with Gasteiger partial charge in [-0.3, -0.25) is 4.79 Å². The molecule has 0 saturated heterocycles. The lowest BCUT2D eigenvalue weighted by Gasteiger charge is -2.31. The Morgan fingerprint density at radius 3 is 2.21 bits per heavy atom. The van der Waals surface area contributed by atoms with E-state index in [9.17, 15) is 18.3 Å². The zero-order chi connectivity index (χ0) is 20.6. The second-order valence-electron chi connectivity index (χ2n) is 7.19. The Morgan fingerprint density at radius 2 is 1.55 bits per heavy atom. The van der Waals surface area contributed by atoms with Crippen molar-refractivity contribution in [3.05, 3.63) is 101 Å². The maximum Gasteiger partial charge on any atom is 0.257 e. The zero-order valence-electron chi connectivity index (χ0n) is 15.9. The summed E-state index contributed by atoms with van der Waals surface area (Å²) in [6, 6.07) is 21.6. The van der Waals surface area contributed by atoms with E-state index < -0.39 is 22.1 Å². The first-order valence-electron chi connectivity index (χ1n) is 9.32. The van der Waals surface area contributed by atoms with Crippen LogP contribution in [0.5, 0.6) is 0 Å². The summed E-state index contributed by atoms with van der Waals surface area (Å²) < 4.78 is 26.3. The largest absolute Gasteiger partial charge is 0.369 e. The quantitative estimate of drug-likeness (QED) is 0.700. The van der Waals surface area contributed by atoms with Gasteiger partial charge in [-0.15, -0.1) is 0 Å². The third kappa shape index (κ3) is 3.57. The average Bonchev–Trinajstić information content (AvgIpc) is 2.98. The molecule has 6 heteroatoms. The van der Waals surface area contributed by atoms with Gasteiger partial charge in [-0.2, -0.15) is 0 Å². The Kier molecular flexibility index (Phi) is 4.98. The Hall–Kier alpha value is -2.96. The van der Waals surface area contributed by atoms with Crippen LogP contribution in [0.1, 0.15) is 39.3 Å². The van der Waals surface area contributed by atoms with E-state index in [1.807, 2.05) is 13.0 Å². The zero-order valence-corrected chi connectivity index (χ0v) is 16.7. The van der Waals surface area contributed by atoms with Gasteiger partial charge >= 0.3 is 0 Å². The highest BCUT2D eigenvalue weighted by Gasteiger charge is 2.41. The van der Waals surface area contributed by atoms with Crippen LogP contribution >= 0.6 is 0 Å². The van der Waals surface area contributed by atoms with Gasteiger partial charge in [0.05, 0.1) is 16.7 Å². The molecule has 3 aromatic rings. The number of carbonyl (C=O) groups is 1. The van der Waals surface area contributed by atoms with Crippen LogP contribution in [-0.2, 0) is 9.84 Å². The van der Waals surface area contributed by atoms with Gasteiger partial charge < -0.3 is 10.0 Å². The van der Waals surface area contributed by atoms with Crippen LogP contribution in [0.25, 0.3) is 0 Å². The monoisotopic (exact) mass is 407 g/mol. The number of benzene rings is 3. The highest BCUT2D eigenvalue weighted by molar-refractivity contribution is 7.91. The maximum absolute atomic E-state index is 13.2. The number of aryl methyl sites for hydroxylation is 1. The summed E-state index contributed by atoms with van der Waals surface area (Å²) in [5, 5.41) is 10.9. The molecule has 1 aliphatic heterocycles. The minimum Gasteiger partial charge on any atom is -0.369 e. The van der Waals surface area contributed by atoms with Crippen LogP contribution in [0.4, 0.5) is 0 Å². The first-order valence-corrected chi connectivity index (χ1v) is 11.0. The second-order valence-corrected chi connectivity index (χ2v) is 9.23. The van der Waals surface area contributed by atoms with Crippen molar-refractivity contribution < 1.29 is 18.3 Å². The Labute approximate surface area is 170 Å². The highest BCUT2D eigenvalue weighted by atomic mass is 32.2. The molecular formula is C23H21NO4S. The molecule has 1 amide bonds. The number of carbonyl (C=O) groups excluding carboxylic acids is 1. The number of hydrogen-bond acceptors (Lipinski definition) is 4. The fourth-order valence-corrected chi connectivity index (χ4v) is 5.20. The number of hydrogen-bond donors (Lipinski definition) is 1. The van der Waals surface area contributed by atoms with Crippen LogP contribution < -0.4 is 0 Å². The van der Waals surface area contributed by atoms with Gasteiger partial charge in [0.15, 0.2) is 16.1 Å². The molecule has 3 aromatic carbocycles. The number of nitrogens with zero attached hydrogens (tertiary/aromatic N) is 1. The van der Waals surface area contributed by atoms with Crippen molar-refractivity contribution in [2.75, 3.05) is 5.75 Å². The van der Waals surface area contributed by atoms with E-state index in [1.54, 1.807) is 72.8 Å². The fraction of sp³-hybridized carbons (Fsp3) is 0.174. The molecule has 0 bridgehead atoms. The average molecular weight is 407 g/mol. The minimum atomic E-state index is -3.70. The molecule has 5 nitrogen and oxygen atoms in total. The van der Waals surface area contributed by atoms with Crippen molar-refractivity contribution in [1.82, 2.24) is 4.90 Å². The molecule has 1 unspecified atom stereocenters. The highest BCUT2D eigenvalue weighted by Crippen LogP contribution is 2.39. The molecule has 29 heavy (non-hydrogen) atoms. The van der Waals surface area contributed by atoms with E-state index in [-0.39, 0.29) is 16.6 Å². The summed E-state index contributed by atoms with van der Waals surface area (Å²) in [6.45, 7) is 1.89. The molecule has 0 radical (unpaired) electrons. The number of rotatable bonds is 5. The van der Waals surface area contributed by atoms with Crippen LogP contribution in [-0.4, -0.2) is 30.1 Å². The first-order chi connectivity index (χ1) is 13.9. The molecule has 0 saturated carbocycles. The molecule has 2 atom stereocenters. The van der Waals surface area contributed by atoms with Gasteiger partial charge in [-0.05, 0) is 30.7 Å². The summed E-state index contributed by atoms with van der Waals surface area (Å²) in [5.41, 5.74) is 2.51. The van der Waals surface area contributed by atoms with Crippen molar-refractivity contribution in [3.63, 3.8) is 0 Å². The van der Waals surface area contributed by atoms with E-state index in [0.717, 1.165) is 5.56 Å². The van der Waals surface area contributed by atoms with Crippen molar-refractivity contribution in [1.29, 1.82) is 0 Å². The van der Waals surface area contributed by atoms with Crippen LogP contribution in [0.15, 0.2) is 83.8 Å². The third-order valence-corrected chi connectivity index (χ3v) is 6.99. The van der Waals surface area contributed by atoms with Gasteiger partial charge in [0, 0.05) is 11.1 Å². The number of amides is 1. The molecule has 1 N–H and O–H groups in total. The number of fused-ring (bicyclic) bond motifs is 1. The van der Waals surface area contributed by atoms with Gasteiger partial charge in [-0.25, -0.2) is 8.42 Å². The number of sulfone groups is 1. The van der Waals surface area contributed by atoms with E-state index in [4.69, 9.17) is 0 Å². The first kappa shape index (κ1) is 19.4. The van der Waals surface area contributed by atoms with Gasteiger partial charge in [0.1, 0.15) is 0 Å². The van der Waals surface area contributed by atoms with E-state index in [1.165, 1.54) is 4.90 Å². The summed E-state index contributed by atoms with van der Waals surface area (Å²) in [4.78, 5) is 14.5. The minimum absolute atomic E-state index is 0.197. The van der Waals surface area contributed by atoms with Crippen LogP contribution in [0.3, 0.4) is 0 Å². The molecule has 1 heterocycles. The summed E-state index contributed by atoms with van der Waals surface area (Å²) in [7, 11) is -3.70. The van der Waals surface area contributed by atoms with E-state index in [2.05, 4.69) is 0 Å². The predicted molar refractivity (Wildman–Crippen MR) is 110 cm³/mol. The lowest BCUT2D eigenvalue weighted by atomic mass is 10.1. The standard InChI is InChI=1S/C23H21NO4S/c1-16-11-13-18(14-12-16)29(27,28)15-21(17-7-3-2-4-8-17)24-22(25)19-9-5-6-10-20(19)23(24)26/h2-14,21-22,25H,15H2,1H3/t21-,22?/m0/s1. The molecular weight excluding hydrogens is 386 g/mol. The molecule has 0 fully saturated rings. The maximum atomic E-state index is 13.2. The molecule has 148 valence electrons. The molecule has 0 spiro atoms. The van der Waals surface area contributed by atoms with Gasteiger partial charge in [-0.1, -0.05) is 66.2 Å². The summed E-state index contributed by atoms with van der Waals surface area (Å²) in [6.07, 6.45) is -1.20. The SMILES string of the molecule is Cc1ccc(S(=O)(=O)C[C@@H](c2ccccc2)N2C(=O)c3ccccc3C2O)cc1. The predicted octanol–water partition coefficient (Wildman–Crippen LogP) is 3.66. The number of aliphatic hydroxyl groups excluding tert-OH is 1. The van der Waals surface area contributed by atoms with Crippen molar-refractivity contribution in [2.45, 2.75) is 24.1 Å². The Balaban J connectivity index is 1.76. The Morgan fingerprint density at radius 1 is 0.931 bits per heavy atom. The fourth-order valence-electron chi connectivity index (χ4n) is 3.69. The topological polar surface area (TPSA) is 74.7 Å². The lowest BCUT2D eigenvalue weighted by Crippen LogP contribution is -2.36. The Bertz CT molecular complexity index is 1140. The summed E-state index contributed by atoms with van der Waals surface area (Å²) in [5.74, 6) is -0.697. The molecule has 0 aliphatic carbocycles. The normalized spacial score (nSPS) is 17.2. The van der Waals surface area contributed by atoms with Crippen molar-refractivity contribution in [3.8, 4) is 0 Å². The van der Waals surface area contributed by atoms with Crippen LogP contribution in [0.2, 0.25) is 0 Å². The van der Waals surface area contributed by atoms with Crippen molar-refractivity contribution >= 4 is 15.7 Å². The number of aliphatic hydroxyl groups is 1. The molecule has 4 rings (SSSR count). The molecule has 0 aromatic heterocycles.